The SMILES string of the molecule is C[C@]12CC=C3C(C(C=O)=CC4CC(=O)CC[C@]34C)C1CC[C@@]21CCC(=O)O1. The van der Waals surface area contributed by atoms with Crippen LogP contribution in [-0.2, 0) is 19.1 Å². The van der Waals surface area contributed by atoms with Crippen LogP contribution in [-0.4, -0.2) is 23.6 Å². The van der Waals surface area contributed by atoms with Gasteiger partial charge in [-0.25, -0.2) is 0 Å². The topological polar surface area (TPSA) is 60.4 Å². The lowest BCUT2D eigenvalue weighted by Gasteiger charge is -2.55. The molecule has 0 aromatic rings. The van der Waals surface area contributed by atoms with E-state index in [0.29, 0.717) is 31.0 Å². The number of esters is 1. The van der Waals surface area contributed by atoms with Crippen molar-refractivity contribution in [3.63, 3.8) is 0 Å². The van der Waals surface area contributed by atoms with E-state index in [1.807, 2.05) is 0 Å². The van der Waals surface area contributed by atoms with Crippen LogP contribution in [0.4, 0.5) is 0 Å². The zero-order valence-electron chi connectivity index (χ0n) is 16.3. The number of hydrogen-bond acceptors (Lipinski definition) is 4. The smallest absolute Gasteiger partial charge is 0.306 e. The molecule has 144 valence electrons. The monoisotopic (exact) mass is 368 g/mol. The lowest BCUT2D eigenvalue weighted by molar-refractivity contribution is -0.160. The highest BCUT2D eigenvalue weighted by Gasteiger charge is 2.66. The molecular weight excluding hydrogens is 340 g/mol. The van der Waals surface area contributed by atoms with E-state index in [1.54, 1.807) is 0 Å². The summed E-state index contributed by atoms with van der Waals surface area (Å²) in [5.74, 6) is 0.839. The molecule has 3 fully saturated rings. The highest BCUT2D eigenvalue weighted by Crippen LogP contribution is 2.68. The molecule has 1 saturated heterocycles. The van der Waals surface area contributed by atoms with Crippen LogP contribution in [0.2, 0.25) is 0 Å². The van der Waals surface area contributed by atoms with Gasteiger partial charge in [0, 0.05) is 30.6 Å². The van der Waals surface area contributed by atoms with Crippen LogP contribution < -0.4 is 0 Å². The molecule has 27 heavy (non-hydrogen) atoms. The zero-order valence-corrected chi connectivity index (χ0v) is 16.3. The van der Waals surface area contributed by atoms with Crippen LogP contribution in [0.1, 0.15) is 65.2 Å². The third-order valence-corrected chi connectivity index (χ3v) is 8.98. The lowest BCUT2D eigenvalue weighted by Crippen LogP contribution is -2.52. The Morgan fingerprint density at radius 3 is 2.67 bits per heavy atom. The molecule has 0 aromatic heterocycles. The molecule has 6 atom stereocenters. The Labute approximate surface area is 160 Å². The summed E-state index contributed by atoms with van der Waals surface area (Å²) >= 11 is 0. The van der Waals surface area contributed by atoms with Gasteiger partial charge in [-0.15, -0.1) is 0 Å². The first-order valence-electron chi connectivity index (χ1n) is 10.4. The predicted octanol–water partition coefficient (Wildman–Crippen LogP) is 3.94. The molecule has 1 aliphatic heterocycles. The Kier molecular flexibility index (Phi) is 3.49. The molecule has 1 spiro atoms. The fourth-order valence-electron chi connectivity index (χ4n) is 7.28. The normalized spacial score (nSPS) is 48.3. The molecule has 0 amide bonds. The van der Waals surface area contributed by atoms with Gasteiger partial charge in [0.2, 0.25) is 0 Å². The Morgan fingerprint density at radius 1 is 1.15 bits per heavy atom. The van der Waals surface area contributed by atoms with Crippen molar-refractivity contribution in [3.05, 3.63) is 23.3 Å². The predicted molar refractivity (Wildman–Crippen MR) is 99.7 cm³/mol. The first kappa shape index (κ1) is 17.4. The maximum Gasteiger partial charge on any atom is 0.306 e. The summed E-state index contributed by atoms with van der Waals surface area (Å²) < 4.78 is 5.96. The number of ether oxygens (including phenoxy) is 1. The highest BCUT2D eigenvalue weighted by atomic mass is 16.6. The average Bonchev–Trinajstić information content (AvgIpc) is 3.16. The van der Waals surface area contributed by atoms with Gasteiger partial charge in [0.1, 0.15) is 17.7 Å². The quantitative estimate of drug-likeness (QED) is 0.400. The summed E-state index contributed by atoms with van der Waals surface area (Å²) in [5.41, 5.74) is 1.76. The molecule has 5 rings (SSSR count). The van der Waals surface area contributed by atoms with E-state index < -0.39 is 0 Å². The zero-order chi connectivity index (χ0) is 19.0. The molecule has 0 bridgehead atoms. The van der Waals surface area contributed by atoms with E-state index in [-0.39, 0.29) is 34.2 Å². The number of carbonyl (C=O) groups is 3. The van der Waals surface area contributed by atoms with Crippen LogP contribution in [0.5, 0.6) is 0 Å². The maximum atomic E-state index is 12.1. The van der Waals surface area contributed by atoms with Crippen molar-refractivity contribution in [1.82, 2.24) is 0 Å². The minimum absolute atomic E-state index is 0.0193. The molecule has 3 unspecified atom stereocenters. The molecule has 4 aliphatic carbocycles. The third kappa shape index (κ3) is 2.07. The largest absolute Gasteiger partial charge is 0.458 e. The number of carbonyl (C=O) groups excluding carboxylic acids is 3. The van der Waals surface area contributed by atoms with Crippen LogP contribution in [0.3, 0.4) is 0 Å². The van der Waals surface area contributed by atoms with Gasteiger partial charge in [0.15, 0.2) is 0 Å². The van der Waals surface area contributed by atoms with Crippen molar-refractivity contribution in [2.45, 2.75) is 70.8 Å². The summed E-state index contributed by atoms with van der Waals surface area (Å²) in [6.45, 7) is 4.57. The number of ketones is 1. The minimum Gasteiger partial charge on any atom is -0.458 e. The van der Waals surface area contributed by atoms with E-state index in [9.17, 15) is 14.4 Å². The molecule has 4 heteroatoms. The molecule has 1 heterocycles. The molecule has 0 aromatic carbocycles. The highest BCUT2D eigenvalue weighted by molar-refractivity contribution is 5.82. The van der Waals surface area contributed by atoms with E-state index in [1.165, 1.54) is 5.57 Å². The summed E-state index contributed by atoms with van der Waals surface area (Å²) in [7, 11) is 0. The number of Topliss-reactive ketones (excluding diaryl/α,β-unsaturated/α-hetero) is 1. The first-order valence-corrected chi connectivity index (χ1v) is 10.4. The van der Waals surface area contributed by atoms with Crippen molar-refractivity contribution in [1.29, 1.82) is 0 Å². The van der Waals surface area contributed by atoms with Gasteiger partial charge < -0.3 is 4.74 Å². The van der Waals surface area contributed by atoms with Gasteiger partial charge in [-0.2, -0.15) is 0 Å². The molecule has 5 aliphatic rings. The summed E-state index contributed by atoms with van der Waals surface area (Å²) in [6.07, 6.45) is 11.7. The number of aldehydes is 1. The van der Waals surface area contributed by atoms with Gasteiger partial charge in [-0.3, -0.25) is 14.4 Å². The second-order valence-corrected chi connectivity index (χ2v) is 9.92. The number of allylic oxidation sites excluding steroid dienone is 4. The van der Waals surface area contributed by atoms with Crippen molar-refractivity contribution in [3.8, 4) is 0 Å². The van der Waals surface area contributed by atoms with Crippen molar-refractivity contribution in [2.75, 3.05) is 0 Å². The van der Waals surface area contributed by atoms with E-state index >= 15 is 0 Å². The number of hydrogen-bond donors (Lipinski definition) is 0. The number of rotatable bonds is 1. The number of fused-ring (bicyclic) bond motifs is 6. The fourth-order valence-corrected chi connectivity index (χ4v) is 7.28. The summed E-state index contributed by atoms with van der Waals surface area (Å²) in [4.78, 5) is 36.1. The lowest BCUT2D eigenvalue weighted by atomic mass is 9.49. The maximum absolute atomic E-state index is 12.1. The Hall–Kier alpha value is -1.71. The van der Waals surface area contributed by atoms with E-state index in [4.69, 9.17) is 4.74 Å². The molecule has 2 saturated carbocycles. The Balaban J connectivity index is 1.61. The second kappa shape index (κ2) is 5.42. The molecular formula is C23H28O4. The standard InChI is InChI=1S/C23H28O4/c1-21-7-3-16(25)12-15(21)11-14(13-24)20-17(21)4-8-22(2)18(20)5-9-23(22)10-6-19(26)27-23/h4,11,13,15,18,20H,3,5-10,12H2,1-2H3/t15?,18?,20?,21-,22-,23+/m0/s1. The van der Waals surface area contributed by atoms with Crippen LogP contribution in [0, 0.1) is 28.6 Å². The average molecular weight is 368 g/mol. The third-order valence-electron chi connectivity index (χ3n) is 8.98. The van der Waals surface area contributed by atoms with Gasteiger partial charge in [-0.05, 0) is 54.9 Å². The summed E-state index contributed by atoms with van der Waals surface area (Å²) in [6, 6.07) is 0. The van der Waals surface area contributed by atoms with Crippen molar-refractivity contribution in [2.24, 2.45) is 28.6 Å². The van der Waals surface area contributed by atoms with Crippen LogP contribution in [0.15, 0.2) is 23.3 Å². The van der Waals surface area contributed by atoms with Crippen molar-refractivity contribution >= 4 is 18.0 Å². The second-order valence-electron chi connectivity index (χ2n) is 9.92. The van der Waals surface area contributed by atoms with Gasteiger partial charge >= 0.3 is 5.97 Å². The first-order chi connectivity index (χ1) is 12.8. The van der Waals surface area contributed by atoms with Crippen molar-refractivity contribution < 1.29 is 19.1 Å². The van der Waals surface area contributed by atoms with Gasteiger partial charge in [0.05, 0.1) is 0 Å². The minimum atomic E-state index is -0.356. The van der Waals surface area contributed by atoms with Gasteiger partial charge in [-0.1, -0.05) is 31.6 Å². The molecule has 0 N–H and O–H groups in total. The fraction of sp³-hybridized carbons (Fsp3) is 0.696. The van der Waals surface area contributed by atoms with Crippen LogP contribution in [0.25, 0.3) is 0 Å². The molecule has 4 nitrogen and oxygen atoms in total. The van der Waals surface area contributed by atoms with Gasteiger partial charge in [0.25, 0.3) is 0 Å². The van der Waals surface area contributed by atoms with E-state index in [0.717, 1.165) is 44.0 Å². The van der Waals surface area contributed by atoms with Crippen LogP contribution >= 0.6 is 0 Å². The summed E-state index contributed by atoms with van der Waals surface area (Å²) in [5, 5.41) is 0. The Bertz CT molecular complexity index is 807. The Morgan fingerprint density at radius 2 is 1.96 bits per heavy atom. The van der Waals surface area contributed by atoms with E-state index in [2.05, 4.69) is 26.0 Å². The molecule has 0 radical (unpaired) electrons.